The van der Waals surface area contributed by atoms with Crippen LogP contribution in [0.15, 0.2) is 42.5 Å². The van der Waals surface area contributed by atoms with Crippen molar-refractivity contribution in [1.29, 1.82) is 0 Å². The Morgan fingerprint density at radius 1 is 1.10 bits per heavy atom. The van der Waals surface area contributed by atoms with Crippen LogP contribution in [0.5, 0.6) is 11.5 Å². The zero-order valence-corrected chi connectivity index (χ0v) is 11.8. The number of hydrogen-bond acceptors (Lipinski definition) is 3. The van der Waals surface area contributed by atoms with Crippen molar-refractivity contribution in [3.8, 4) is 22.6 Å². The number of nitrogens with zero attached hydrogens (tertiary/aromatic N) is 1. The van der Waals surface area contributed by atoms with Gasteiger partial charge in [0.15, 0.2) is 11.5 Å². The van der Waals surface area contributed by atoms with Crippen LogP contribution in [0.3, 0.4) is 0 Å². The van der Waals surface area contributed by atoms with E-state index >= 15 is 0 Å². The van der Waals surface area contributed by atoms with Crippen LogP contribution in [0.25, 0.3) is 11.1 Å². The largest absolute Gasteiger partial charge is 0.504 e. The second-order valence-electron chi connectivity index (χ2n) is 4.67. The molecule has 0 fully saturated rings. The maximum atomic E-state index is 12.0. The zero-order chi connectivity index (χ0) is 14.7. The maximum absolute atomic E-state index is 12.0. The van der Waals surface area contributed by atoms with E-state index < -0.39 is 0 Å². The molecule has 1 amide bonds. The first-order valence-corrected chi connectivity index (χ1v) is 6.22. The van der Waals surface area contributed by atoms with Gasteiger partial charge in [0.1, 0.15) is 0 Å². The van der Waals surface area contributed by atoms with Gasteiger partial charge >= 0.3 is 0 Å². The van der Waals surface area contributed by atoms with E-state index in [0.717, 1.165) is 11.1 Å². The Morgan fingerprint density at radius 2 is 1.80 bits per heavy atom. The summed E-state index contributed by atoms with van der Waals surface area (Å²) in [6, 6.07) is 12.5. The predicted octanol–water partition coefficient (Wildman–Crippen LogP) is 2.77. The quantitative estimate of drug-likeness (QED) is 0.933. The van der Waals surface area contributed by atoms with Gasteiger partial charge in [-0.05, 0) is 35.4 Å². The summed E-state index contributed by atoms with van der Waals surface area (Å²) < 4.78 is 5.10. The Labute approximate surface area is 118 Å². The molecule has 4 heteroatoms. The fourth-order valence-corrected chi connectivity index (χ4v) is 1.95. The standard InChI is InChI=1S/C16H17NO3/c1-17(2)16(19)13-6-4-5-11(9-13)12-7-8-14(18)15(10-12)20-3/h4-10,18H,1-3H3. The minimum atomic E-state index is -0.0439. The molecule has 0 atom stereocenters. The third kappa shape index (κ3) is 2.74. The number of carbonyl (C=O) groups is 1. The van der Waals surface area contributed by atoms with E-state index in [1.54, 1.807) is 38.4 Å². The number of ether oxygens (including phenoxy) is 1. The van der Waals surface area contributed by atoms with Crippen LogP contribution < -0.4 is 4.74 Å². The Bertz CT molecular complexity index is 635. The minimum absolute atomic E-state index is 0.0439. The molecule has 0 spiro atoms. The number of phenols is 1. The van der Waals surface area contributed by atoms with Crippen molar-refractivity contribution >= 4 is 5.91 Å². The normalized spacial score (nSPS) is 10.2. The van der Waals surface area contributed by atoms with E-state index in [0.29, 0.717) is 11.3 Å². The summed E-state index contributed by atoms with van der Waals surface area (Å²) in [5, 5.41) is 9.61. The van der Waals surface area contributed by atoms with Gasteiger partial charge in [0.25, 0.3) is 5.91 Å². The summed E-state index contributed by atoms with van der Waals surface area (Å²) in [6.07, 6.45) is 0. The molecule has 1 N–H and O–H groups in total. The summed E-state index contributed by atoms with van der Waals surface area (Å²) in [6.45, 7) is 0. The molecule has 2 aromatic rings. The zero-order valence-electron chi connectivity index (χ0n) is 11.8. The number of methoxy groups -OCH3 is 1. The fraction of sp³-hybridized carbons (Fsp3) is 0.188. The molecule has 0 saturated heterocycles. The van der Waals surface area contributed by atoms with E-state index in [1.165, 1.54) is 12.0 Å². The Hall–Kier alpha value is -2.49. The van der Waals surface area contributed by atoms with E-state index in [4.69, 9.17) is 4.74 Å². The highest BCUT2D eigenvalue weighted by atomic mass is 16.5. The minimum Gasteiger partial charge on any atom is -0.504 e. The number of hydrogen-bond donors (Lipinski definition) is 1. The van der Waals surface area contributed by atoms with Crippen LogP contribution in [0.1, 0.15) is 10.4 Å². The number of rotatable bonds is 3. The summed E-state index contributed by atoms with van der Waals surface area (Å²) in [4.78, 5) is 13.5. The van der Waals surface area contributed by atoms with Crippen LogP contribution in [0, 0.1) is 0 Å². The van der Waals surface area contributed by atoms with Crippen molar-refractivity contribution in [3.05, 3.63) is 48.0 Å². The SMILES string of the molecule is COc1cc(-c2cccc(C(=O)N(C)C)c2)ccc1O. The first-order chi connectivity index (χ1) is 9.52. The highest BCUT2D eigenvalue weighted by Gasteiger charge is 2.10. The van der Waals surface area contributed by atoms with E-state index in [-0.39, 0.29) is 11.7 Å². The van der Waals surface area contributed by atoms with Crippen LogP contribution >= 0.6 is 0 Å². The molecular weight excluding hydrogens is 254 g/mol. The molecule has 4 nitrogen and oxygen atoms in total. The van der Waals surface area contributed by atoms with Gasteiger partial charge in [-0.2, -0.15) is 0 Å². The molecular formula is C16H17NO3. The van der Waals surface area contributed by atoms with Crippen LogP contribution in [0.2, 0.25) is 0 Å². The van der Waals surface area contributed by atoms with E-state index in [9.17, 15) is 9.90 Å². The first-order valence-electron chi connectivity index (χ1n) is 6.22. The number of benzene rings is 2. The number of amides is 1. The molecule has 0 unspecified atom stereocenters. The molecule has 0 aliphatic heterocycles. The molecule has 2 aromatic carbocycles. The van der Waals surface area contributed by atoms with Crippen molar-refractivity contribution in [3.63, 3.8) is 0 Å². The number of phenolic OH excluding ortho intramolecular Hbond substituents is 1. The van der Waals surface area contributed by atoms with Crippen LogP contribution in [-0.2, 0) is 0 Å². The smallest absolute Gasteiger partial charge is 0.253 e. The molecule has 0 bridgehead atoms. The average Bonchev–Trinajstić information content (AvgIpc) is 2.47. The highest BCUT2D eigenvalue weighted by molar-refractivity contribution is 5.95. The van der Waals surface area contributed by atoms with Gasteiger partial charge in [-0.1, -0.05) is 18.2 Å². The molecule has 0 heterocycles. The molecule has 0 saturated carbocycles. The maximum Gasteiger partial charge on any atom is 0.253 e. The van der Waals surface area contributed by atoms with Crippen molar-refractivity contribution in [2.45, 2.75) is 0 Å². The molecule has 0 aliphatic carbocycles. The van der Waals surface area contributed by atoms with Crippen LogP contribution in [0.4, 0.5) is 0 Å². The third-order valence-corrected chi connectivity index (χ3v) is 3.03. The second kappa shape index (κ2) is 5.65. The van der Waals surface area contributed by atoms with Crippen molar-refractivity contribution < 1.29 is 14.6 Å². The monoisotopic (exact) mass is 271 g/mol. The van der Waals surface area contributed by atoms with Gasteiger partial charge < -0.3 is 14.7 Å². The summed E-state index contributed by atoms with van der Waals surface area (Å²) >= 11 is 0. The van der Waals surface area contributed by atoms with Crippen molar-refractivity contribution in [2.24, 2.45) is 0 Å². The highest BCUT2D eigenvalue weighted by Crippen LogP contribution is 2.31. The molecule has 0 aromatic heterocycles. The van der Waals surface area contributed by atoms with Crippen molar-refractivity contribution in [1.82, 2.24) is 4.90 Å². The lowest BCUT2D eigenvalue weighted by Gasteiger charge is -2.12. The Kier molecular flexibility index (Phi) is 3.94. The summed E-state index contributed by atoms with van der Waals surface area (Å²) in [5.41, 5.74) is 2.41. The third-order valence-electron chi connectivity index (χ3n) is 3.03. The lowest BCUT2D eigenvalue weighted by molar-refractivity contribution is 0.0827. The second-order valence-corrected chi connectivity index (χ2v) is 4.67. The molecule has 2 rings (SSSR count). The van der Waals surface area contributed by atoms with Gasteiger partial charge in [0.05, 0.1) is 7.11 Å². The van der Waals surface area contributed by atoms with E-state index in [1.807, 2.05) is 18.2 Å². The van der Waals surface area contributed by atoms with Gasteiger partial charge in [-0.15, -0.1) is 0 Å². The van der Waals surface area contributed by atoms with Gasteiger partial charge in [-0.3, -0.25) is 4.79 Å². The molecule has 104 valence electrons. The van der Waals surface area contributed by atoms with Crippen LogP contribution in [-0.4, -0.2) is 37.1 Å². The molecule has 0 radical (unpaired) electrons. The number of carbonyl (C=O) groups excluding carboxylic acids is 1. The van der Waals surface area contributed by atoms with Gasteiger partial charge in [0.2, 0.25) is 0 Å². The predicted molar refractivity (Wildman–Crippen MR) is 78.1 cm³/mol. The van der Waals surface area contributed by atoms with Crippen molar-refractivity contribution in [2.75, 3.05) is 21.2 Å². The average molecular weight is 271 g/mol. The summed E-state index contributed by atoms with van der Waals surface area (Å²) in [7, 11) is 4.95. The van der Waals surface area contributed by atoms with Gasteiger partial charge in [0, 0.05) is 19.7 Å². The molecule has 0 aliphatic rings. The lowest BCUT2D eigenvalue weighted by Crippen LogP contribution is -2.21. The Morgan fingerprint density at radius 3 is 2.45 bits per heavy atom. The summed E-state index contributed by atoms with van der Waals surface area (Å²) in [5.74, 6) is 0.459. The topological polar surface area (TPSA) is 49.8 Å². The van der Waals surface area contributed by atoms with E-state index in [2.05, 4.69) is 0 Å². The Balaban J connectivity index is 2.43. The molecule has 20 heavy (non-hydrogen) atoms. The van der Waals surface area contributed by atoms with Gasteiger partial charge in [-0.25, -0.2) is 0 Å². The lowest BCUT2D eigenvalue weighted by atomic mass is 10.0. The fourth-order valence-electron chi connectivity index (χ4n) is 1.95. The number of aromatic hydroxyl groups is 1. The first kappa shape index (κ1) is 13.9.